The van der Waals surface area contributed by atoms with E-state index in [9.17, 15) is 9.18 Å². The van der Waals surface area contributed by atoms with Crippen LogP contribution in [0.3, 0.4) is 0 Å². The number of anilines is 2. The molecule has 5 nitrogen and oxygen atoms in total. The van der Waals surface area contributed by atoms with Crippen LogP contribution >= 0.6 is 11.3 Å². The van der Waals surface area contributed by atoms with Crippen molar-refractivity contribution in [3.8, 4) is 0 Å². The van der Waals surface area contributed by atoms with Gasteiger partial charge in [-0.2, -0.15) is 0 Å². The number of carbonyl (C=O) groups is 1. The highest BCUT2D eigenvalue weighted by Gasteiger charge is 2.21. The summed E-state index contributed by atoms with van der Waals surface area (Å²) in [5.41, 5.74) is 3.07. The molecule has 1 aromatic heterocycles. The average molecular weight is 396 g/mol. The normalized spacial score (nSPS) is 15.1. The highest BCUT2D eigenvalue weighted by atomic mass is 32.1. The topological polar surface area (TPSA) is 58.1 Å². The van der Waals surface area contributed by atoms with Crippen LogP contribution in [0.4, 0.5) is 15.2 Å². The monoisotopic (exact) mass is 396 g/mol. The lowest BCUT2D eigenvalue weighted by Gasteiger charge is -2.18. The molecule has 1 unspecified atom stereocenters. The van der Waals surface area contributed by atoms with E-state index in [2.05, 4.69) is 22.4 Å². The van der Waals surface area contributed by atoms with Crippen molar-refractivity contribution in [1.82, 2.24) is 10.2 Å². The van der Waals surface area contributed by atoms with E-state index in [1.54, 1.807) is 12.1 Å². The highest BCUT2D eigenvalue weighted by molar-refractivity contribution is 7.15. The number of halogens is 1. The van der Waals surface area contributed by atoms with Crippen LogP contribution in [0.1, 0.15) is 41.9 Å². The Labute approximate surface area is 167 Å². The van der Waals surface area contributed by atoms with Gasteiger partial charge in [-0.15, -0.1) is 10.2 Å². The third-order valence-corrected chi connectivity index (χ3v) is 5.71. The molecule has 1 atom stereocenters. The standard InChI is InChI=1S/C21H21FN4OS/c1-14(16-6-10-18(11-7-16)26-12-2-3-20(26)27)23-21-25-24-19(28-21)13-15-4-8-17(22)9-5-15/h4-11,14H,2-3,12-13H2,1H3,(H,23,25). The fourth-order valence-corrected chi connectivity index (χ4v) is 4.15. The number of benzene rings is 2. The van der Waals surface area contributed by atoms with E-state index >= 15 is 0 Å². The quantitative estimate of drug-likeness (QED) is 0.663. The SMILES string of the molecule is CC(Nc1nnc(Cc2ccc(F)cc2)s1)c1ccc(N2CCCC2=O)cc1. The fraction of sp³-hybridized carbons (Fsp3) is 0.286. The van der Waals surface area contributed by atoms with E-state index in [1.807, 2.05) is 29.2 Å². The molecule has 28 heavy (non-hydrogen) atoms. The summed E-state index contributed by atoms with van der Waals surface area (Å²) in [6, 6.07) is 14.6. The summed E-state index contributed by atoms with van der Waals surface area (Å²) in [6.07, 6.45) is 2.19. The number of hydrogen-bond acceptors (Lipinski definition) is 5. The summed E-state index contributed by atoms with van der Waals surface area (Å²) in [5.74, 6) is -0.0428. The van der Waals surface area contributed by atoms with E-state index in [1.165, 1.54) is 23.5 Å². The van der Waals surface area contributed by atoms with Gasteiger partial charge in [0.2, 0.25) is 11.0 Å². The second-order valence-corrected chi connectivity index (χ2v) is 7.97. The number of nitrogens with zero attached hydrogens (tertiary/aromatic N) is 3. The largest absolute Gasteiger partial charge is 0.354 e. The Morgan fingerprint density at radius 1 is 1.14 bits per heavy atom. The first-order chi connectivity index (χ1) is 13.6. The van der Waals surface area contributed by atoms with Crippen LogP contribution in [0, 0.1) is 5.82 Å². The van der Waals surface area contributed by atoms with Crippen molar-refractivity contribution in [2.75, 3.05) is 16.8 Å². The summed E-state index contributed by atoms with van der Waals surface area (Å²) >= 11 is 1.50. The van der Waals surface area contributed by atoms with Gasteiger partial charge in [-0.1, -0.05) is 35.6 Å². The number of nitrogens with one attached hydrogen (secondary N) is 1. The zero-order chi connectivity index (χ0) is 19.5. The van der Waals surface area contributed by atoms with Crippen molar-refractivity contribution in [3.63, 3.8) is 0 Å². The summed E-state index contributed by atoms with van der Waals surface area (Å²) in [4.78, 5) is 13.7. The molecule has 0 radical (unpaired) electrons. The molecule has 0 spiro atoms. The van der Waals surface area contributed by atoms with Crippen LogP contribution in [0.5, 0.6) is 0 Å². The van der Waals surface area contributed by atoms with Crippen molar-refractivity contribution in [3.05, 3.63) is 70.5 Å². The molecule has 1 saturated heterocycles. The predicted octanol–water partition coefficient (Wildman–Crippen LogP) is 4.57. The first-order valence-electron chi connectivity index (χ1n) is 9.32. The first-order valence-corrected chi connectivity index (χ1v) is 10.1. The third-order valence-electron chi connectivity index (χ3n) is 4.85. The highest BCUT2D eigenvalue weighted by Crippen LogP contribution is 2.27. The number of rotatable bonds is 6. The van der Waals surface area contributed by atoms with Crippen LogP contribution < -0.4 is 10.2 Å². The molecule has 0 saturated carbocycles. The van der Waals surface area contributed by atoms with Crippen LogP contribution in [0.15, 0.2) is 48.5 Å². The summed E-state index contributed by atoms with van der Waals surface area (Å²) < 4.78 is 13.0. The number of aromatic nitrogens is 2. The molecule has 144 valence electrons. The van der Waals surface area contributed by atoms with Gasteiger partial charge in [0.15, 0.2) is 0 Å². The molecule has 0 bridgehead atoms. The minimum Gasteiger partial charge on any atom is -0.354 e. The van der Waals surface area contributed by atoms with E-state index in [0.29, 0.717) is 12.8 Å². The minimum absolute atomic E-state index is 0.0648. The molecule has 1 amide bonds. The smallest absolute Gasteiger partial charge is 0.227 e. The van der Waals surface area contributed by atoms with Gasteiger partial charge in [0.25, 0.3) is 0 Å². The van der Waals surface area contributed by atoms with Crippen LogP contribution in [0.2, 0.25) is 0 Å². The van der Waals surface area contributed by atoms with Gasteiger partial charge in [-0.25, -0.2) is 4.39 Å². The van der Waals surface area contributed by atoms with E-state index in [-0.39, 0.29) is 17.8 Å². The van der Waals surface area contributed by atoms with Crippen molar-refractivity contribution >= 4 is 28.1 Å². The van der Waals surface area contributed by atoms with Gasteiger partial charge in [-0.05, 0) is 48.7 Å². The van der Waals surface area contributed by atoms with Crippen molar-refractivity contribution < 1.29 is 9.18 Å². The van der Waals surface area contributed by atoms with Gasteiger partial charge in [-0.3, -0.25) is 4.79 Å². The molecule has 2 heterocycles. The Morgan fingerprint density at radius 2 is 1.89 bits per heavy atom. The molecule has 7 heteroatoms. The predicted molar refractivity (Wildman–Crippen MR) is 109 cm³/mol. The Balaban J connectivity index is 1.38. The molecule has 1 N–H and O–H groups in total. The van der Waals surface area contributed by atoms with E-state index < -0.39 is 0 Å². The van der Waals surface area contributed by atoms with Crippen LogP contribution in [-0.4, -0.2) is 22.6 Å². The molecule has 2 aromatic carbocycles. The second kappa shape index (κ2) is 8.06. The lowest BCUT2D eigenvalue weighted by molar-refractivity contribution is -0.117. The van der Waals surface area contributed by atoms with Gasteiger partial charge in [0.05, 0.1) is 6.04 Å². The third kappa shape index (κ3) is 4.20. The molecule has 1 aliphatic heterocycles. The number of carbonyl (C=O) groups excluding carboxylic acids is 1. The summed E-state index contributed by atoms with van der Waals surface area (Å²) in [5, 5.41) is 13.4. The Hall–Kier alpha value is -2.80. The van der Waals surface area contributed by atoms with Gasteiger partial charge in [0, 0.05) is 25.1 Å². The van der Waals surface area contributed by atoms with Gasteiger partial charge in [0.1, 0.15) is 10.8 Å². The Morgan fingerprint density at radius 3 is 2.57 bits per heavy atom. The number of hydrogen-bond donors (Lipinski definition) is 1. The zero-order valence-electron chi connectivity index (χ0n) is 15.6. The van der Waals surface area contributed by atoms with E-state index in [0.717, 1.165) is 39.9 Å². The maximum absolute atomic E-state index is 13.0. The molecule has 1 fully saturated rings. The van der Waals surface area contributed by atoms with Crippen LogP contribution in [0.25, 0.3) is 0 Å². The minimum atomic E-state index is -0.239. The van der Waals surface area contributed by atoms with Crippen LogP contribution in [-0.2, 0) is 11.2 Å². The molecular formula is C21H21FN4OS. The van der Waals surface area contributed by atoms with Crippen molar-refractivity contribution in [1.29, 1.82) is 0 Å². The summed E-state index contributed by atoms with van der Waals surface area (Å²) in [7, 11) is 0. The molecule has 4 rings (SSSR count). The molecule has 0 aliphatic carbocycles. The summed E-state index contributed by atoms with van der Waals surface area (Å²) in [6.45, 7) is 2.87. The fourth-order valence-electron chi connectivity index (χ4n) is 3.29. The second-order valence-electron chi connectivity index (χ2n) is 6.91. The maximum Gasteiger partial charge on any atom is 0.227 e. The van der Waals surface area contributed by atoms with Crippen molar-refractivity contribution in [2.24, 2.45) is 0 Å². The zero-order valence-corrected chi connectivity index (χ0v) is 16.4. The lowest BCUT2D eigenvalue weighted by atomic mass is 10.1. The van der Waals surface area contributed by atoms with Gasteiger partial charge < -0.3 is 10.2 Å². The molecule has 1 aliphatic rings. The van der Waals surface area contributed by atoms with Crippen molar-refractivity contribution in [2.45, 2.75) is 32.2 Å². The lowest BCUT2D eigenvalue weighted by Crippen LogP contribution is -2.23. The first kappa shape index (κ1) is 18.6. The average Bonchev–Trinajstić information content (AvgIpc) is 3.32. The maximum atomic E-state index is 13.0. The molecular weight excluding hydrogens is 375 g/mol. The Bertz CT molecular complexity index is 955. The molecule has 3 aromatic rings. The number of amides is 1. The van der Waals surface area contributed by atoms with Gasteiger partial charge >= 0.3 is 0 Å². The Kier molecular flexibility index (Phi) is 5.34. The van der Waals surface area contributed by atoms with E-state index in [4.69, 9.17) is 0 Å².